The van der Waals surface area contributed by atoms with Crippen LogP contribution in [0.5, 0.6) is 17.2 Å². The molecule has 0 spiro atoms. The third kappa shape index (κ3) is 5.76. The van der Waals surface area contributed by atoms with Gasteiger partial charge in [-0.15, -0.1) is 0 Å². The van der Waals surface area contributed by atoms with Gasteiger partial charge in [-0.2, -0.15) is 18.2 Å². The lowest BCUT2D eigenvalue weighted by molar-refractivity contribution is -0.137. The molecule has 1 fully saturated rings. The number of anilines is 3. The molecule has 2 heterocycles. The minimum atomic E-state index is -4.54. The van der Waals surface area contributed by atoms with Crippen LogP contribution in [0.3, 0.4) is 0 Å². The maximum absolute atomic E-state index is 13.2. The molecule has 3 aromatic carbocycles. The molecule has 0 bridgehead atoms. The quantitative estimate of drug-likeness (QED) is 0.319. The van der Waals surface area contributed by atoms with Gasteiger partial charge in [-0.25, -0.2) is 4.98 Å². The average molecular weight is 568 g/mol. The van der Waals surface area contributed by atoms with Gasteiger partial charge in [-0.3, -0.25) is 4.79 Å². The molecule has 5 rings (SSSR count). The second kappa shape index (κ2) is 11.4. The van der Waals surface area contributed by atoms with Gasteiger partial charge in [-0.1, -0.05) is 12.1 Å². The first-order chi connectivity index (χ1) is 19.7. The third-order valence-electron chi connectivity index (χ3n) is 6.86. The van der Waals surface area contributed by atoms with E-state index < -0.39 is 17.6 Å². The highest BCUT2D eigenvalue weighted by Gasteiger charge is 2.33. The summed E-state index contributed by atoms with van der Waals surface area (Å²) in [4.78, 5) is 26.3. The number of alkyl halides is 3. The summed E-state index contributed by atoms with van der Waals surface area (Å²) >= 11 is 0. The third-order valence-corrected chi connectivity index (χ3v) is 6.86. The Balaban J connectivity index is 1.37. The topological polar surface area (TPSA) is 89.1 Å². The molecular formula is C29H28F3N5O4. The molecular weight excluding hydrogens is 539 g/mol. The second-order valence-electron chi connectivity index (χ2n) is 9.27. The molecule has 0 atom stereocenters. The molecule has 9 nitrogen and oxygen atoms in total. The maximum Gasteiger partial charge on any atom is 0.416 e. The number of para-hydroxylation sites is 1. The number of rotatable bonds is 7. The van der Waals surface area contributed by atoms with Crippen molar-refractivity contribution in [3.05, 3.63) is 71.8 Å². The van der Waals surface area contributed by atoms with E-state index in [-0.39, 0.29) is 11.3 Å². The number of piperazine rings is 1. The molecule has 1 aliphatic heterocycles. The van der Waals surface area contributed by atoms with E-state index in [0.717, 1.165) is 29.1 Å². The number of ether oxygens (including phenoxy) is 3. The van der Waals surface area contributed by atoms with Crippen LogP contribution in [0, 0.1) is 0 Å². The lowest BCUT2D eigenvalue weighted by Crippen LogP contribution is -2.49. The summed E-state index contributed by atoms with van der Waals surface area (Å²) in [5, 5.41) is 4.17. The van der Waals surface area contributed by atoms with Gasteiger partial charge in [0.15, 0.2) is 0 Å². The maximum atomic E-state index is 13.2. The first-order valence-corrected chi connectivity index (χ1v) is 12.8. The first-order valence-electron chi connectivity index (χ1n) is 12.8. The highest BCUT2D eigenvalue weighted by Crippen LogP contribution is 2.35. The van der Waals surface area contributed by atoms with Crippen LogP contribution in [-0.2, 0) is 6.18 Å². The molecule has 214 valence electrons. The fraction of sp³-hybridized carbons (Fsp3) is 0.276. The second-order valence-corrected chi connectivity index (χ2v) is 9.27. The Hall–Kier alpha value is -4.74. The number of carbonyl (C=O) groups is 1. The van der Waals surface area contributed by atoms with E-state index >= 15 is 0 Å². The van der Waals surface area contributed by atoms with Crippen molar-refractivity contribution in [2.75, 3.05) is 57.7 Å². The fourth-order valence-electron chi connectivity index (χ4n) is 4.65. The van der Waals surface area contributed by atoms with Crippen LogP contribution < -0.4 is 24.4 Å². The van der Waals surface area contributed by atoms with Gasteiger partial charge in [0.2, 0.25) is 5.95 Å². The molecule has 1 N–H and O–H groups in total. The summed E-state index contributed by atoms with van der Waals surface area (Å²) in [6.07, 6.45) is -4.54. The Bertz CT molecular complexity index is 1570. The lowest BCUT2D eigenvalue weighted by atomic mass is 10.1. The number of amides is 1. The molecule has 0 unspecified atom stereocenters. The molecule has 1 amide bonds. The van der Waals surface area contributed by atoms with Gasteiger partial charge >= 0.3 is 6.18 Å². The number of carbonyl (C=O) groups excluding carboxylic acids is 1. The zero-order chi connectivity index (χ0) is 29.1. The normalized spacial score (nSPS) is 13.7. The van der Waals surface area contributed by atoms with Crippen molar-refractivity contribution in [3.63, 3.8) is 0 Å². The van der Waals surface area contributed by atoms with E-state index in [9.17, 15) is 18.0 Å². The van der Waals surface area contributed by atoms with E-state index in [1.807, 2.05) is 41.3 Å². The number of benzene rings is 3. The highest BCUT2D eigenvalue weighted by molar-refractivity contribution is 5.97. The monoisotopic (exact) mass is 567 g/mol. The first kappa shape index (κ1) is 27.8. The van der Waals surface area contributed by atoms with Gasteiger partial charge in [0.05, 0.1) is 43.7 Å². The predicted octanol–water partition coefficient (Wildman–Crippen LogP) is 5.38. The number of hydrogen-bond acceptors (Lipinski definition) is 8. The van der Waals surface area contributed by atoms with Crippen molar-refractivity contribution in [1.29, 1.82) is 0 Å². The van der Waals surface area contributed by atoms with Crippen LogP contribution in [0.4, 0.5) is 30.6 Å². The van der Waals surface area contributed by atoms with Gasteiger partial charge < -0.3 is 29.3 Å². The molecule has 0 saturated carbocycles. The highest BCUT2D eigenvalue weighted by atomic mass is 19.4. The van der Waals surface area contributed by atoms with E-state index in [4.69, 9.17) is 24.2 Å². The summed E-state index contributed by atoms with van der Waals surface area (Å²) in [5.74, 6) is 1.79. The summed E-state index contributed by atoms with van der Waals surface area (Å²) in [5.41, 5.74) is 0.640. The number of halogens is 3. The van der Waals surface area contributed by atoms with Crippen molar-refractivity contribution in [2.45, 2.75) is 6.18 Å². The Morgan fingerprint density at radius 1 is 0.854 bits per heavy atom. The van der Waals surface area contributed by atoms with E-state index in [0.29, 0.717) is 55.1 Å². The largest absolute Gasteiger partial charge is 0.497 e. The smallest absolute Gasteiger partial charge is 0.416 e. The standard InChI is InChI=1S/C29H28F3N5O4/c1-39-19-9-11-23(25(17-19)41-3)33-26-20-6-4-5-7-22(20)34-28(35-26)37-14-12-36(13-15-37)27(38)21-10-8-18(29(30,31)32)16-24(21)40-2/h4-11,16-17H,12-15H2,1-3H3,(H,33,34,35). The molecule has 0 aliphatic carbocycles. The zero-order valence-electron chi connectivity index (χ0n) is 22.7. The fourth-order valence-corrected chi connectivity index (χ4v) is 4.65. The van der Waals surface area contributed by atoms with E-state index in [1.165, 1.54) is 7.11 Å². The Morgan fingerprint density at radius 3 is 2.27 bits per heavy atom. The molecule has 12 heteroatoms. The molecule has 1 aliphatic rings. The molecule has 1 aromatic heterocycles. The minimum absolute atomic E-state index is 0.0795. The lowest BCUT2D eigenvalue weighted by Gasteiger charge is -2.35. The van der Waals surface area contributed by atoms with Crippen LogP contribution in [-0.4, -0.2) is 68.3 Å². The number of aromatic nitrogens is 2. The Morgan fingerprint density at radius 2 is 1.59 bits per heavy atom. The van der Waals surface area contributed by atoms with Crippen molar-refractivity contribution < 1.29 is 32.2 Å². The van der Waals surface area contributed by atoms with Crippen LogP contribution in [0.25, 0.3) is 10.9 Å². The van der Waals surface area contributed by atoms with Gasteiger partial charge in [0.1, 0.15) is 23.1 Å². The van der Waals surface area contributed by atoms with Gasteiger partial charge in [-0.05, 0) is 42.5 Å². The molecule has 0 radical (unpaired) electrons. The number of hydrogen-bond donors (Lipinski definition) is 1. The number of nitrogens with one attached hydrogen (secondary N) is 1. The van der Waals surface area contributed by atoms with Gasteiger partial charge in [0.25, 0.3) is 5.91 Å². The van der Waals surface area contributed by atoms with Crippen molar-refractivity contribution in [3.8, 4) is 17.2 Å². The van der Waals surface area contributed by atoms with Crippen molar-refractivity contribution >= 4 is 34.3 Å². The van der Waals surface area contributed by atoms with E-state index in [2.05, 4.69) is 5.32 Å². The number of nitrogens with zero attached hydrogens (tertiary/aromatic N) is 4. The predicted molar refractivity (Wildman–Crippen MR) is 148 cm³/mol. The average Bonchev–Trinajstić information content (AvgIpc) is 3.00. The molecule has 1 saturated heterocycles. The molecule has 4 aromatic rings. The Labute approximate surface area is 234 Å². The Kier molecular flexibility index (Phi) is 7.73. The van der Waals surface area contributed by atoms with Crippen molar-refractivity contribution in [2.24, 2.45) is 0 Å². The molecule has 41 heavy (non-hydrogen) atoms. The summed E-state index contributed by atoms with van der Waals surface area (Å²) in [7, 11) is 4.40. The van der Waals surface area contributed by atoms with Crippen LogP contribution >= 0.6 is 0 Å². The van der Waals surface area contributed by atoms with Crippen LogP contribution in [0.1, 0.15) is 15.9 Å². The number of fused-ring (bicyclic) bond motifs is 1. The van der Waals surface area contributed by atoms with Crippen LogP contribution in [0.2, 0.25) is 0 Å². The summed E-state index contributed by atoms with van der Waals surface area (Å²) in [6.45, 7) is 1.51. The minimum Gasteiger partial charge on any atom is -0.497 e. The summed E-state index contributed by atoms with van der Waals surface area (Å²) < 4.78 is 55.3. The zero-order valence-corrected chi connectivity index (χ0v) is 22.7. The van der Waals surface area contributed by atoms with Crippen molar-refractivity contribution in [1.82, 2.24) is 14.9 Å². The number of methoxy groups -OCH3 is 3. The SMILES string of the molecule is COc1ccc(Nc2nc(N3CCN(C(=O)c4ccc(C(F)(F)F)cc4OC)CC3)nc3ccccc23)c(OC)c1. The van der Waals surface area contributed by atoms with E-state index in [1.54, 1.807) is 25.2 Å². The van der Waals surface area contributed by atoms with Crippen LogP contribution in [0.15, 0.2) is 60.7 Å². The summed E-state index contributed by atoms with van der Waals surface area (Å²) in [6, 6.07) is 15.9. The van der Waals surface area contributed by atoms with Gasteiger partial charge in [0, 0.05) is 37.6 Å².